The summed E-state index contributed by atoms with van der Waals surface area (Å²) in [4.78, 5) is 77.4. The lowest BCUT2D eigenvalue weighted by atomic mass is 9.49. The first-order chi connectivity index (χ1) is 54.5. The van der Waals surface area contributed by atoms with Gasteiger partial charge >= 0.3 is 23.9 Å². The lowest BCUT2D eigenvalue weighted by Gasteiger charge is -2.57. The molecule has 21 rings (SSSR count). The van der Waals surface area contributed by atoms with Crippen LogP contribution in [0.1, 0.15) is 270 Å². The average molecular weight is 1620 g/mol. The van der Waals surface area contributed by atoms with E-state index in [9.17, 15) is 44.1 Å². The summed E-state index contributed by atoms with van der Waals surface area (Å²) >= 11 is 0. The van der Waals surface area contributed by atoms with Crippen LogP contribution >= 0.6 is 0 Å². The number of halogens is 1. The fourth-order valence-electron chi connectivity index (χ4n) is 26.6. The molecule has 5 aromatic carbocycles. The number of phenolic OH excluding ortho intramolecular Hbond substituents is 3. The van der Waals surface area contributed by atoms with Crippen LogP contribution in [0.2, 0.25) is 0 Å². The molecule has 0 radical (unpaired) electrons. The lowest BCUT2D eigenvalue weighted by Crippen LogP contribution is -3.00. The average Bonchev–Trinajstić information content (AvgIpc) is 0.764. The Hall–Kier alpha value is -7.19. The second-order valence-corrected chi connectivity index (χ2v) is 38.7. The van der Waals surface area contributed by atoms with E-state index in [4.69, 9.17) is 14.2 Å². The maximum absolute atomic E-state index is 11.7. The zero-order valence-corrected chi connectivity index (χ0v) is 72.6. The molecule has 0 spiro atoms. The number of aldehydes is 1. The number of phenols is 3. The van der Waals surface area contributed by atoms with Crippen LogP contribution in [-0.4, -0.2) is 159 Å². The van der Waals surface area contributed by atoms with Gasteiger partial charge < -0.3 is 71.7 Å². The van der Waals surface area contributed by atoms with E-state index < -0.39 is 17.9 Å². The van der Waals surface area contributed by atoms with Gasteiger partial charge in [-0.3, -0.25) is 9.59 Å². The molecular formula is C97H136ClN4O14-. The Morgan fingerprint density at radius 3 is 0.776 bits per heavy atom. The Morgan fingerprint density at radius 2 is 0.560 bits per heavy atom. The van der Waals surface area contributed by atoms with Crippen molar-refractivity contribution in [3.05, 3.63) is 158 Å². The summed E-state index contributed by atoms with van der Waals surface area (Å²) in [5.74, 6) is 10.6. The summed E-state index contributed by atoms with van der Waals surface area (Å²) in [6.07, 6.45) is 35.7. The summed E-state index contributed by atoms with van der Waals surface area (Å²) in [5.41, 5.74) is 11.7. The van der Waals surface area contributed by atoms with Crippen molar-refractivity contribution in [3.63, 3.8) is 0 Å². The van der Waals surface area contributed by atoms with Gasteiger partial charge in [0.2, 0.25) is 0 Å². The molecule has 0 aliphatic heterocycles. The summed E-state index contributed by atoms with van der Waals surface area (Å²) in [7, 11) is 14.3. The fraction of sp³-hybridized carbons (Fsp3) is 0.629. The highest BCUT2D eigenvalue weighted by Gasteiger charge is 2.55. The van der Waals surface area contributed by atoms with Crippen molar-refractivity contribution in [2.24, 2.45) is 92.7 Å². The Labute approximate surface area is 698 Å². The minimum Gasteiger partial charge on any atom is -1.00 e. The van der Waals surface area contributed by atoms with Gasteiger partial charge in [0.15, 0.2) is 12.1 Å². The molecule has 16 saturated carbocycles. The number of ether oxygens (including phenoxy) is 4. The fourth-order valence-corrected chi connectivity index (χ4v) is 26.6. The van der Waals surface area contributed by atoms with Crippen LogP contribution in [0, 0.1) is 107 Å². The second-order valence-electron chi connectivity index (χ2n) is 38.7. The van der Waals surface area contributed by atoms with Crippen molar-refractivity contribution in [2.75, 3.05) is 82.8 Å². The van der Waals surface area contributed by atoms with Crippen LogP contribution in [0.5, 0.6) is 17.2 Å². The summed E-state index contributed by atoms with van der Waals surface area (Å²) in [6.45, 7) is 18.0. The van der Waals surface area contributed by atoms with Crippen molar-refractivity contribution in [1.29, 1.82) is 0 Å². The summed E-state index contributed by atoms with van der Waals surface area (Å²) < 4.78 is 18.7. The van der Waals surface area contributed by atoms with E-state index in [0.717, 1.165) is 127 Å². The molecule has 636 valence electrons. The molecule has 0 heterocycles. The van der Waals surface area contributed by atoms with Crippen molar-refractivity contribution >= 4 is 35.9 Å². The van der Waals surface area contributed by atoms with E-state index in [-0.39, 0.29) is 58.0 Å². The molecule has 16 fully saturated rings. The summed E-state index contributed by atoms with van der Waals surface area (Å²) in [5, 5.41) is 29.8. The Morgan fingerprint density at radius 1 is 0.353 bits per heavy atom. The maximum atomic E-state index is 11.7. The van der Waals surface area contributed by atoms with Gasteiger partial charge in [0.05, 0.1) is 56.3 Å². The molecule has 5 N–H and O–H groups in total. The molecule has 16 aliphatic carbocycles. The van der Waals surface area contributed by atoms with Gasteiger partial charge in [0.25, 0.3) is 0 Å². The Balaban J connectivity index is 0.000000154. The topological polar surface area (TPSA) is 244 Å². The highest BCUT2D eigenvalue weighted by atomic mass is 35.5. The zero-order valence-electron chi connectivity index (χ0n) is 71.9. The SMILES string of the molecule is CC.CC(=O)c1ccc(CN(C)CC23CC4CC(CC(C4)C2)C3)c(C)c1.COC(=O)c1ccc(C=O)c(O)c1.COC(=O)c1ccc(CN(C)CC23CC4CC(CC(C4)C2)C3)c(C)c1.COC(=O)c1ccc(CN(C)CC23CC4CC(CC(C4)C2)C3)c(O)c1.COC(=O)c1ccc(CN(C)CC23CC4CC(CC(C4)C2)C3)c(O)c1.O.[Cl-]. The molecule has 0 aromatic heterocycles. The van der Waals surface area contributed by atoms with Gasteiger partial charge in [0, 0.05) is 69.0 Å². The standard InChI is InChI=1S/C22H31NO2.C22H31NO.2C21H29NO3.C9H8O4.C2H6.ClH.H2O/c1-15-6-19(21(24)25-3)4-5-20(15)13-23(2)14-22-10-16-7-17(11-22)9-18(8-16)12-22;1-15-6-20(16(2)24)4-5-21(15)13-23(3)14-22-10-17-7-18(11-22)9-19(8-17)12-22;2*1-22(12-18-4-3-17(8-19(18)23)20(24)25-2)13-21-9-14-5-15(10-21)7-16(6-14)11-21;1-13-9(12)6-2-3-7(5-10)8(11)4-6;1-2;;/h4-6,16-18H,7-14H2,1-3H3;4-6,17-19H,7-14H2,1-3H3;2*3-4,8,14-16,23H,5-7,9-13H2,1-2H3;2-5,11H,1H3;1-2H3;1H;1H2/p-1. The molecule has 0 atom stereocenters. The van der Waals surface area contributed by atoms with Crippen molar-refractivity contribution in [1.82, 2.24) is 19.6 Å². The third-order valence-corrected chi connectivity index (χ3v) is 28.9. The molecule has 19 heteroatoms. The zero-order chi connectivity index (χ0) is 81.6. The molecular weight excluding hydrogens is 1480 g/mol. The molecule has 16 aliphatic rings. The van der Waals surface area contributed by atoms with Crippen LogP contribution in [0.15, 0.2) is 91.0 Å². The van der Waals surface area contributed by atoms with E-state index in [1.165, 1.54) is 248 Å². The van der Waals surface area contributed by atoms with E-state index in [1.807, 2.05) is 44.2 Å². The van der Waals surface area contributed by atoms with Gasteiger partial charge in [0.1, 0.15) is 17.2 Å². The van der Waals surface area contributed by atoms with Crippen molar-refractivity contribution in [2.45, 2.75) is 215 Å². The van der Waals surface area contributed by atoms with Crippen LogP contribution in [0.25, 0.3) is 0 Å². The van der Waals surface area contributed by atoms with E-state index in [0.29, 0.717) is 44.6 Å². The number of benzene rings is 5. The van der Waals surface area contributed by atoms with Crippen LogP contribution in [0.4, 0.5) is 0 Å². The van der Waals surface area contributed by atoms with Gasteiger partial charge in [-0.2, -0.15) is 0 Å². The van der Waals surface area contributed by atoms with E-state index in [2.05, 4.69) is 84.6 Å². The van der Waals surface area contributed by atoms with Gasteiger partial charge in [-0.05, 0) is 379 Å². The third kappa shape index (κ3) is 22.3. The molecule has 0 saturated heterocycles. The van der Waals surface area contributed by atoms with Crippen LogP contribution in [0.3, 0.4) is 0 Å². The highest BCUT2D eigenvalue weighted by molar-refractivity contribution is 5.94. The maximum Gasteiger partial charge on any atom is 0.337 e. The van der Waals surface area contributed by atoms with E-state index in [1.54, 1.807) is 19.1 Å². The van der Waals surface area contributed by atoms with Gasteiger partial charge in [-0.1, -0.05) is 44.2 Å². The molecule has 5 aromatic rings. The number of Topliss-reactive ketones (excluding diaryl/α,β-unsaturated/α-hetero) is 1. The number of carbonyl (C=O) groups is 6. The van der Waals surface area contributed by atoms with Crippen molar-refractivity contribution < 1.29 is 80.9 Å². The first-order valence-electron chi connectivity index (χ1n) is 43.2. The number of ketones is 1. The molecule has 116 heavy (non-hydrogen) atoms. The van der Waals surface area contributed by atoms with Gasteiger partial charge in [-0.15, -0.1) is 0 Å². The quantitative estimate of drug-likeness (QED) is 0.0252. The number of methoxy groups -OCH3 is 4. The first kappa shape index (κ1) is 91.1. The van der Waals surface area contributed by atoms with Crippen LogP contribution in [-0.2, 0) is 45.1 Å². The second kappa shape index (κ2) is 39.3. The monoisotopic (exact) mass is 1620 g/mol. The first-order valence-corrected chi connectivity index (χ1v) is 43.2. The number of esters is 4. The predicted octanol–water partition coefficient (Wildman–Crippen LogP) is 15.1. The number of hydrogen-bond acceptors (Lipinski definition) is 17. The van der Waals surface area contributed by atoms with Crippen molar-refractivity contribution in [3.8, 4) is 17.2 Å². The smallest absolute Gasteiger partial charge is 0.337 e. The third-order valence-electron chi connectivity index (χ3n) is 28.9. The molecule has 0 amide bonds. The largest absolute Gasteiger partial charge is 1.00 e. The molecule has 0 unspecified atom stereocenters. The number of aryl methyl sites for hydroxylation is 2. The molecule has 16 bridgehead atoms. The number of aromatic hydroxyl groups is 3. The minimum absolute atomic E-state index is 0. The summed E-state index contributed by atoms with van der Waals surface area (Å²) in [6, 6.07) is 26.3. The van der Waals surface area contributed by atoms with Gasteiger partial charge in [-0.25, -0.2) is 19.2 Å². The molecule has 18 nitrogen and oxygen atoms in total. The lowest BCUT2D eigenvalue weighted by molar-refractivity contribution is -0.0672. The van der Waals surface area contributed by atoms with E-state index >= 15 is 0 Å². The predicted molar refractivity (Wildman–Crippen MR) is 450 cm³/mol. The minimum atomic E-state index is -0.548. The Kier molecular flexibility index (Phi) is 30.9. The number of nitrogens with zero attached hydrogens (tertiary/aromatic N) is 4. The van der Waals surface area contributed by atoms with Crippen LogP contribution < -0.4 is 12.4 Å². The highest BCUT2D eigenvalue weighted by Crippen LogP contribution is 2.64. The normalized spacial score (nSPS) is 29.5. The number of carbonyl (C=O) groups excluding carboxylic acids is 6. The Bertz CT molecular complexity index is 3810. The number of hydrogen-bond donors (Lipinski definition) is 3. The number of rotatable bonds is 22.